The van der Waals surface area contributed by atoms with Gasteiger partial charge >= 0.3 is 0 Å². The second-order valence-corrected chi connectivity index (χ2v) is 15.7. The van der Waals surface area contributed by atoms with E-state index >= 15 is 0 Å². The molecule has 4 aliphatic rings. The second kappa shape index (κ2) is 6.51. The maximum atomic E-state index is 7.01. The van der Waals surface area contributed by atoms with Gasteiger partial charge in [-0.1, -0.05) is 48.6 Å². The summed E-state index contributed by atoms with van der Waals surface area (Å²) in [5.41, 5.74) is 2.83. The summed E-state index contributed by atoms with van der Waals surface area (Å²) in [6.45, 7) is 9.37. The highest BCUT2D eigenvalue weighted by Gasteiger charge is 2.53. The van der Waals surface area contributed by atoms with Crippen molar-refractivity contribution in [1.29, 1.82) is 0 Å². The molecule has 4 aliphatic carbocycles. The fourth-order valence-corrected chi connectivity index (χ4v) is 12.8. The lowest BCUT2D eigenvalue weighted by Crippen LogP contribution is -2.53. The molecule has 0 heterocycles. The van der Waals surface area contributed by atoms with Gasteiger partial charge in [-0.2, -0.15) is 0 Å². The predicted molar refractivity (Wildman–Crippen MR) is 109 cm³/mol. The van der Waals surface area contributed by atoms with Gasteiger partial charge in [0.05, 0.1) is 0 Å². The van der Waals surface area contributed by atoms with Gasteiger partial charge in [0.25, 0.3) is 0 Å². The fourth-order valence-electron chi connectivity index (χ4n) is 4.10. The quantitative estimate of drug-likeness (QED) is 0.639. The first-order chi connectivity index (χ1) is 11.9. The molecule has 0 aromatic rings. The van der Waals surface area contributed by atoms with Gasteiger partial charge < -0.3 is 4.12 Å². The highest BCUT2D eigenvalue weighted by Crippen LogP contribution is 2.52. The van der Waals surface area contributed by atoms with E-state index in [-0.39, 0.29) is 0 Å². The van der Waals surface area contributed by atoms with Crippen molar-refractivity contribution in [3.05, 3.63) is 109 Å². The van der Waals surface area contributed by atoms with Gasteiger partial charge in [0, 0.05) is 34.8 Å². The van der Waals surface area contributed by atoms with Crippen molar-refractivity contribution in [2.24, 2.45) is 0 Å². The molecule has 1 nitrogen and oxygen atoms in total. The van der Waals surface area contributed by atoms with Gasteiger partial charge in [0.1, 0.15) is 0 Å². The molecule has 0 amide bonds. The van der Waals surface area contributed by atoms with E-state index in [1.54, 1.807) is 0 Å². The molecule has 0 unspecified atom stereocenters. The Bertz CT molecular complexity index is 574. The van der Waals surface area contributed by atoms with Crippen LogP contribution >= 0.6 is 0 Å². The zero-order valence-corrected chi connectivity index (χ0v) is 17.3. The number of rotatable bonds is 4. The van der Waals surface area contributed by atoms with Gasteiger partial charge in [-0.25, -0.2) is 0 Å². The third kappa shape index (κ3) is 3.24. The van der Waals surface area contributed by atoms with Gasteiger partial charge in [0.2, 0.25) is 0 Å². The maximum Gasteiger partial charge on any atom is 0.181 e. The van der Waals surface area contributed by atoms with Crippen LogP contribution in [0.1, 0.15) is 0 Å². The van der Waals surface area contributed by atoms with E-state index in [0.29, 0.717) is 0 Å². The molecule has 4 rings (SSSR count). The van der Waals surface area contributed by atoms with Crippen LogP contribution in [0, 0.1) is 60.4 Å². The summed E-state index contributed by atoms with van der Waals surface area (Å²) in [6.07, 6.45) is 26.3. The van der Waals surface area contributed by atoms with E-state index in [2.05, 4.69) is 100 Å². The zero-order valence-electron chi connectivity index (χ0n) is 15.3. The average molecular weight is 361 g/mol. The number of allylic oxidation sites excluding steroid dienone is 8. The van der Waals surface area contributed by atoms with Crippen LogP contribution in [-0.4, -0.2) is 16.6 Å². The second-order valence-electron chi connectivity index (χ2n) is 7.79. The summed E-state index contributed by atoms with van der Waals surface area (Å²) in [6, 6.07) is 0. The maximum absolute atomic E-state index is 7.01. The first kappa shape index (κ1) is 17.8. The molecule has 0 aromatic carbocycles. The molecule has 0 saturated heterocycles. The lowest BCUT2D eigenvalue weighted by atomic mass is 9.92. The minimum Gasteiger partial charge on any atom is -0.455 e. The number of hydrogen-bond acceptors (Lipinski definition) is 1. The molecule has 126 valence electrons. The van der Waals surface area contributed by atoms with Crippen molar-refractivity contribution in [3.8, 4) is 0 Å². The highest BCUT2D eigenvalue weighted by molar-refractivity contribution is 6.91. The summed E-state index contributed by atoms with van der Waals surface area (Å²) >= 11 is 0. The minimum atomic E-state index is -2.01. The molecule has 3 heteroatoms. The van der Waals surface area contributed by atoms with E-state index in [1.807, 2.05) is 0 Å². The normalized spacial score (nSPS) is 26.7. The molecule has 0 N–H and O–H groups in total. The molecule has 0 spiro atoms. The van der Waals surface area contributed by atoms with Gasteiger partial charge in [0.15, 0.2) is 16.6 Å². The first-order valence-electron chi connectivity index (χ1n) is 8.88. The molecular weight excluding hydrogens is 336 g/mol. The predicted octanol–water partition coefficient (Wildman–Crippen LogP) is 5.03. The molecule has 25 heavy (non-hydrogen) atoms. The van der Waals surface area contributed by atoms with Crippen LogP contribution in [0.3, 0.4) is 0 Å². The molecule has 2 saturated carbocycles. The van der Waals surface area contributed by atoms with Crippen molar-refractivity contribution in [2.45, 2.75) is 26.2 Å². The molecule has 10 radical (unpaired) electrons. The minimum absolute atomic E-state index is 1.32. The SMILES string of the molecule is C[Si](C)(O[Si](C)(C)[C]1[CH][CH][C]2C=CC=C[C]21)[C]1[CH][CH][C]2C=CC=C[C]21. The molecule has 2 fully saturated rings. The van der Waals surface area contributed by atoms with Crippen LogP contribution in [0.4, 0.5) is 0 Å². The van der Waals surface area contributed by atoms with Gasteiger partial charge in [-0.15, -0.1) is 0 Å². The van der Waals surface area contributed by atoms with Crippen LogP contribution in [0.5, 0.6) is 0 Å². The van der Waals surface area contributed by atoms with E-state index < -0.39 is 16.6 Å². The van der Waals surface area contributed by atoms with Crippen molar-refractivity contribution in [1.82, 2.24) is 0 Å². The van der Waals surface area contributed by atoms with Crippen molar-refractivity contribution >= 4 is 16.6 Å². The Kier molecular flexibility index (Phi) is 4.62. The Morgan fingerprint density at radius 2 is 0.960 bits per heavy atom. The smallest absolute Gasteiger partial charge is 0.181 e. The van der Waals surface area contributed by atoms with Gasteiger partial charge in [-0.05, 0) is 51.9 Å². The fraction of sp³-hybridized carbons (Fsp3) is 0.182. The van der Waals surface area contributed by atoms with E-state index in [9.17, 15) is 0 Å². The van der Waals surface area contributed by atoms with E-state index in [0.717, 1.165) is 0 Å². The number of hydrogen-bond donors (Lipinski definition) is 0. The van der Waals surface area contributed by atoms with Crippen LogP contribution in [0.2, 0.25) is 26.2 Å². The molecule has 0 aliphatic heterocycles. The summed E-state index contributed by atoms with van der Waals surface area (Å²) in [7, 11) is -4.02. The Morgan fingerprint density at radius 3 is 1.40 bits per heavy atom. The first-order valence-corrected chi connectivity index (χ1v) is 14.7. The molecule has 0 atom stereocenters. The third-order valence-corrected chi connectivity index (χ3v) is 12.7. The lowest BCUT2D eigenvalue weighted by Gasteiger charge is -2.43. The highest BCUT2D eigenvalue weighted by atomic mass is 28.4. The molecular formula is C22H24OSi2. The topological polar surface area (TPSA) is 9.23 Å². The third-order valence-electron chi connectivity index (χ3n) is 5.17. The summed E-state index contributed by atoms with van der Waals surface area (Å²) in [5, 5.41) is 0. The summed E-state index contributed by atoms with van der Waals surface area (Å²) in [5.74, 6) is 5.35. The Hall–Kier alpha value is -0.646. The monoisotopic (exact) mass is 360 g/mol. The standard InChI is InChI=1S/C22H24OSi2/c1-24(2,21-15-13-17-9-5-7-11-19(17)21)23-25(3,4)22-16-14-18-10-6-8-12-20(18)22/h5-16H,1-4H3. The van der Waals surface area contributed by atoms with Crippen LogP contribution in [-0.2, 0) is 4.12 Å². The van der Waals surface area contributed by atoms with Crippen LogP contribution in [0.15, 0.2) is 48.6 Å². The Morgan fingerprint density at radius 1 is 0.560 bits per heavy atom. The summed E-state index contributed by atoms with van der Waals surface area (Å²) < 4.78 is 7.01. The Labute approximate surface area is 156 Å². The molecule has 0 aromatic heterocycles. The zero-order chi connectivity index (χ0) is 17.7. The van der Waals surface area contributed by atoms with Crippen molar-refractivity contribution in [3.63, 3.8) is 0 Å². The average Bonchev–Trinajstić information content (AvgIpc) is 3.18. The lowest BCUT2D eigenvalue weighted by molar-refractivity contribution is 0.548. The summed E-state index contributed by atoms with van der Waals surface area (Å²) in [4.78, 5) is 0. The number of fused-ring (bicyclic) bond motifs is 2. The van der Waals surface area contributed by atoms with Crippen LogP contribution < -0.4 is 0 Å². The van der Waals surface area contributed by atoms with Gasteiger partial charge in [-0.3, -0.25) is 0 Å². The van der Waals surface area contributed by atoms with E-state index in [1.165, 1.54) is 34.8 Å². The van der Waals surface area contributed by atoms with E-state index in [4.69, 9.17) is 4.12 Å². The largest absolute Gasteiger partial charge is 0.455 e. The van der Waals surface area contributed by atoms with Crippen molar-refractivity contribution in [2.75, 3.05) is 0 Å². The Balaban J connectivity index is 1.50. The van der Waals surface area contributed by atoms with Crippen molar-refractivity contribution < 1.29 is 4.12 Å². The molecule has 0 bridgehead atoms. The van der Waals surface area contributed by atoms with Crippen LogP contribution in [0.25, 0.3) is 0 Å².